The van der Waals surface area contributed by atoms with Gasteiger partial charge in [0.05, 0.1) is 35.9 Å². The van der Waals surface area contributed by atoms with Crippen LogP contribution in [-0.2, 0) is 9.59 Å². The van der Waals surface area contributed by atoms with E-state index in [2.05, 4.69) is 37.4 Å². The number of carbonyl (C=O) groups excluding carboxylic acids is 4. The van der Waals surface area contributed by atoms with Crippen LogP contribution in [-0.4, -0.2) is 71.7 Å². The van der Waals surface area contributed by atoms with Crippen LogP contribution in [0.25, 0.3) is 5.95 Å². The number of hydrogen-bond donors (Lipinski definition) is 2. The van der Waals surface area contributed by atoms with Gasteiger partial charge in [-0.2, -0.15) is 10.2 Å². The Labute approximate surface area is 297 Å². The first-order valence-corrected chi connectivity index (χ1v) is 16.8. The third-order valence-electron chi connectivity index (χ3n) is 9.37. The molecule has 2 N–H and O–H groups in total. The number of hydrogen-bond acceptors (Lipinski definition) is 11. The molecule has 4 amide bonds. The highest BCUT2D eigenvalue weighted by atomic mass is 16.5. The van der Waals surface area contributed by atoms with E-state index in [4.69, 9.17) is 9.47 Å². The van der Waals surface area contributed by atoms with Gasteiger partial charge in [0.25, 0.3) is 17.8 Å². The molecule has 14 heteroatoms. The van der Waals surface area contributed by atoms with Gasteiger partial charge in [-0.15, -0.1) is 11.4 Å². The Morgan fingerprint density at radius 2 is 1.48 bits per heavy atom. The zero-order chi connectivity index (χ0) is 35.8. The lowest BCUT2D eigenvalue weighted by Crippen LogP contribution is -2.54. The number of anilines is 1. The van der Waals surface area contributed by atoms with Crippen molar-refractivity contribution in [3.05, 3.63) is 126 Å². The minimum Gasteiger partial charge on any atom is -0.490 e. The molecule has 8 rings (SSSR count). The molecular weight excluding hydrogens is 664 g/mol. The van der Waals surface area contributed by atoms with Crippen LogP contribution in [0.3, 0.4) is 0 Å². The molecule has 1 saturated carbocycles. The second-order valence-electron chi connectivity index (χ2n) is 12.8. The van der Waals surface area contributed by atoms with Crippen LogP contribution in [0.15, 0.2) is 104 Å². The Morgan fingerprint density at radius 1 is 0.827 bits per heavy atom. The molecule has 1 saturated heterocycles. The lowest BCUT2D eigenvalue weighted by Gasteiger charge is -2.36. The molecule has 0 radical (unpaired) electrons. The average molecular weight is 697 g/mol. The number of benzene rings is 3. The van der Waals surface area contributed by atoms with Crippen molar-refractivity contribution in [1.82, 2.24) is 35.2 Å². The number of nitrogens with one attached hydrogen (secondary N) is 2. The van der Waals surface area contributed by atoms with E-state index < -0.39 is 29.7 Å². The minimum absolute atomic E-state index is 0.0237. The minimum atomic E-state index is -0.992. The monoisotopic (exact) mass is 696 g/mol. The van der Waals surface area contributed by atoms with Gasteiger partial charge in [0, 0.05) is 36.9 Å². The van der Waals surface area contributed by atoms with Gasteiger partial charge in [0.15, 0.2) is 5.75 Å². The summed E-state index contributed by atoms with van der Waals surface area (Å²) in [6.45, 7) is 4.06. The van der Waals surface area contributed by atoms with E-state index in [0.29, 0.717) is 23.1 Å². The van der Waals surface area contributed by atoms with E-state index in [1.165, 1.54) is 4.80 Å². The molecule has 14 nitrogen and oxygen atoms in total. The fourth-order valence-corrected chi connectivity index (χ4v) is 6.65. The van der Waals surface area contributed by atoms with E-state index in [1.807, 2.05) is 54.6 Å². The Bertz CT molecular complexity index is 2160. The summed E-state index contributed by atoms with van der Waals surface area (Å²) in [7, 11) is 0. The highest BCUT2D eigenvalue weighted by Gasteiger charge is 2.44. The number of carbonyl (C=O) groups is 4. The van der Waals surface area contributed by atoms with E-state index in [1.54, 1.807) is 43.0 Å². The van der Waals surface area contributed by atoms with Crippen LogP contribution in [0.5, 0.6) is 17.2 Å². The fraction of sp³-hybridized carbons (Fsp3) is 0.211. The van der Waals surface area contributed by atoms with E-state index in [-0.39, 0.29) is 42.0 Å². The molecule has 2 aromatic heterocycles. The number of rotatable bonds is 11. The normalized spacial score (nSPS) is 20.1. The molecule has 0 spiro atoms. The van der Waals surface area contributed by atoms with Crippen LogP contribution in [0.1, 0.15) is 63.4 Å². The van der Waals surface area contributed by atoms with Gasteiger partial charge in [-0.3, -0.25) is 29.4 Å². The molecule has 2 unspecified atom stereocenters. The maximum atomic E-state index is 13.2. The molecule has 1 aliphatic carbocycles. The van der Waals surface area contributed by atoms with Crippen molar-refractivity contribution >= 4 is 29.3 Å². The predicted octanol–water partition coefficient (Wildman–Crippen LogP) is 4.59. The molecule has 5 aromatic rings. The molecular formula is C38H32N8O6. The van der Waals surface area contributed by atoms with Gasteiger partial charge in [0.1, 0.15) is 23.6 Å². The zero-order valence-electron chi connectivity index (χ0n) is 27.7. The molecule has 4 heterocycles. The number of fused-ring (bicyclic) bond motifs is 1. The first-order valence-electron chi connectivity index (χ1n) is 16.8. The molecule has 260 valence electrons. The number of imide groups is 2. The van der Waals surface area contributed by atoms with Gasteiger partial charge < -0.3 is 14.8 Å². The number of piperidine rings is 1. The van der Waals surface area contributed by atoms with E-state index in [0.717, 1.165) is 34.6 Å². The highest BCUT2D eigenvalue weighted by molar-refractivity contribution is 6.23. The average Bonchev–Trinajstić information content (AvgIpc) is 3.76. The van der Waals surface area contributed by atoms with Crippen LogP contribution >= 0.6 is 0 Å². The van der Waals surface area contributed by atoms with Crippen LogP contribution in [0.2, 0.25) is 0 Å². The Hall–Kier alpha value is -6.70. The van der Waals surface area contributed by atoms with Gasteiger partial charge in [0.2, 0.25) is 11.8 Å². The summed E-state index contributed by atoms with van der Waals surface area (Å²) in [5, 5.41) is 13.7. The number of nitrogens with zero attached hydrogens (tertiary/aromatic N) is 6. The van der Waals surface area contributed by atoms with E-state index >= 15 is 0 Å². The standard InChI is InChI=1S/C38H32N8O6/c1-2-30(23-5-10-27(11-6-23)52-29-20-39-38(40-21-29)46-41-15-16-42-46)22-3-8-26(9-4-22)51-28-17-25(18-28)43-24-7-12-31-32(19-24)37(50)45(36(31)49)33-13-14-34(47)44-35(33)48/h2-12,15-16,19-21,25,28,30,33,43H,1,13-14,17-18H2,(H,44,47,48)/t25-,28-,30?,33?. The third kappa shape index (κ3) is 6.37. The molecule has 2 aliphatic heterocycles. The van der Waals surface area contributed by atoms with Crippen LogP contribution < -0.4 is 20.1 Å². The summed E-state index contributed by atoms with van der Waals surface area (Å²) in [6.07, 6.45) is 9.88. The molecule has 3 aromatic carbocycles. The van der Waals surface area contributed by atoms with Gasteiger partial charge in [-0.25, -0.2) is 9.97 Å². The second-order valence-corrected chi connectivity index (χ2v) is 12.8. The molecule has 0 bridgehead atoms. The van der Waals surface area contributed by atoms with Crippen molar-refractivity contribution in [3.63, 3.8) is 0 Å². The van der Waals surface area contributed by atoms with Crippen molar-refractivity contribution < 1.29 is 28.7 Å². The van der Waals surface area contributed by atoms with Gasteiger partial charge in [-0.1, -0.05) is 30.3 Å². The SMILES string of the molecule is C=CC(c1ccc(Oc2cnc(-n3nccn3)nc2)cc1)c1ccc(O[C@H]2C[C@H](Nc3ccc4c(c3)C(=O)N(C3CCC(=O)NC3=O)C4=O)C2)cc1. The van der Waals surface area contributed by atoms with Crippen molar-refractivity contribution in [2.24, 2.45) is 0 Å². The van der Waals surface area contributed by atoms with Crippen molar-refractivity contribution in [2.45, 2.75) is 49.8 Å². The lowest BCUT2D eigenvalue weighted by atomic mass is 9.88. The molecule has 2 fully saturated rings. The van der Waals surface area contributed by atoms with Crippen molar-refractivity contribution in [2.75, 3.05) is 5.32 Å². The first kappa shape index (κ1) is 32.5. The van der Waals surface area contributed by atoms with Gasteiger partial charge >= 0.3 is 0 Å². The summed E-state index contributed by atoms with van der Waals surface area (Å²) in [6, 6.07) is 19.9. The number of allylic oxidation sites excluding steroid dienone is 1. The summed E-state index contributed by atoms with van der Waals surface area (Å²) < 4.78 is 12.1. The van der Waals surface area contributed by atoms with Crippen LogP contribution in [0.4, 0.5) is 5.69 Å². The Balaban J connectivity index is 0.829. The summed E-state index contributed by atoms with van der Waals surface area (Å²) in [4.78, 5) is 60.8. The molecule has 52 heavy (non-hydrogen) atoms. The Morgan fingerprint density at radius 3 is 2.13 bits per heavy atom. The highest BCUT2D eigenvalue weighted by Crippen LogP contribution is 2.34. The second kappa shape index (κ2) is 13.5. The third-order valence-corrected chi connectivity index (χ3v) is 9.37. The summed E-state index contributed by atoms with van der Waals surface area (Å²) in [5.74, 6) is 0.138. The quantitative estimate of drug-likeness (QED) is 0.146. The maximum absolute atomic E-state index is 13.2. The number of aromatic nitrogens is 5. The maximum Gasteiger partial charge on any atom is 0.268 e. The predicted molar refractivity (Wildman–Crippen MR) is 186 cm³/mol. The van der Waals surface area contributed by atoms with Crippen molar-refractivity contribution in [1.29, 1.82) is 0 Å². The summed E-state index contributed by atoms with van der Waals surface area (Å²) in [5.41, 5.74) is 3.33. The first-order chi connectivity index (χ1) is 25.3. The number of ether oxygens (including phenoxy) is 2. The lowest BCUT2D eigenvalue weighted by molar-refractivity contribution is -0.136. The summed E-state index contributed by atoms with van der Waals surface area (Å²) >= 11 is 0. The van der Waals surface area contributed by atoms with Crippen molar-refractivity contribution in [3.8, 4) is 23.2 Å². The largest absolute Gasteiger partial charge is 0.490 e. The topological polar surface area (TPSA) is 171 Å². The van der Waals surface area contributed by atoms with E-state index in [9.17, 15) is 19.2 Å². The van der Waals surface area contributed by atoms with Gasteiger partial charge in [-0.05, 0) is 60.0 Å². The molecule has 3 aliphatic rings. The zero-order valence-corrected chi connectivity index (χ0v) is 27.7. The fourth-order valence-electron chi connectivity index (χ4n) is 6.65. The Kier molecular flexibility index (Phi) is 8.47. The smallest absolute Gasteiger partial charge is 0.268 e. The van der Waals surface area contributed by atoms with Crippen LogP contribution in [0, 0.1) is 0 Å². The molecule has 2 atom stereocenters. The number of amides is 4.